The van der Waals surface area contributed by atoms with Crippen LogP contribution in [0.25, 0.3) is 0 Å². The largest absolute Gasteiger partial charge is 0.345 e. The third-order valence-electron chi connectivity index (χ3n) is 4.09. The van der Waals surface area contributed by atoms with Crippen LogP contribution in [-0.2, 0) is 9.59 Å². The monoisotopic (exact) mass is 398 g/mol. The molecule has 0 radical (unpaired) electrons. The normalized spacial score (nSPS) is 12.1. The number of carbonyl (C=O) groups excluding carboxylic acids is 3. The average molecular weight is 399 g/mol. The van der Waals surface area contributed by atoms with Gasteiger partial charge in [-0.1, -0.05) is 51.1 Å². The van der Waals surface area contributed by atoms with E-state index in [1.165, 1.54) is 11.8 Å². The highest BCUT2D eigenvalue weighted by atomic mass is 32.2. The first-order chi connectivity index (χ1) is 13.2. The molecule has 28 heavy (non-hydrogen) atoms. The summed E-state index contributed by atoms with van der Waals surface area (Å²) in [4.78, 5) is 37.8. The molecule has 0 fully saturated rings. The molecule has 2 N–H and O–H groups in total. The summed E-state index contributed by atoms with van der Waals surface area (Å²) in [5, 5.41) is 5.15. The number of amides is 2. The topological polar surface area (TPSA) is 75.3 Å². The smallest absolute Gasteiger partial charge is 0.252 e. The molecule has 0 aliphatic carbocycles. The zero-order valence-corrected chi connectivity index (χ0v) is 17.4. The minimum atomic E-state index is -0.508. The second kappa shape index (κ2) is 9.55. The third-order valence-corrected chi connectivity index (χ3v) is 5.27. The first kappa shape index (κ1) is 21.7. The van der Waals surface area contributed by atoms with E-state index in [1.807, 2.05) is 57.2 Å². The Balaban J connectivity index is 2.03. The van der Waals surface area contributed by atoms with Crippen LogP contribution in [0.4, 0.5) is 5.69 Å². The molecular weight excluding hydrogens is 372 g/mol. The molecule has 0 aromatic heterocycles. The van der Waals surface area contributed by atoms with Gasteiger partial charge in [-0.3, -0.25) is 14.4 Å². The van der Waals surface area contributed by atoms with Gasteiger partial charge in [0.25, 0.3) is 5.91 Å². The van der Waals surface area contributed by atoms with Gasteiger partial charge in [-0.2, -0.15) is 0 Å². The Bertz CT molecular complexity index is 844. The predicted octanol–water partition coefficient (Wildman–Crippen LogP) is 4.15. The molecule has 0 saturated carbocycles. The number of Topliss-reactive ketones (excluding diaryl/α,β-unsaturated/α-hetero) is 1. The van der Waals surface area contributed by atoms with Gasteiger partial charge in [0.15, 0.2) is 5.78 Å². The predicted molar refractivity (Wildman–Crippen MR) is 114 cm³/mol. The number of hydrogen-bond acceptors (Lipinski definition) is 4. The molecule has 0 unspecified atom stereocenters. The Morgan fingerprint density at radius 2 is 1.57 bits per heavy atom. The molecule has 0 bridgehead atoms. The van der Waals surface area contributed by atoms with E-state index in [1.54, 1.807) is 25.1 Å². The van der Waals surface area contributed by atoms with Crippen molar-refractivity contribution in [3.63, 3.8) is 0 Å². The molecule has 6 heteroatoms. The summed E-state index contributed by atoms with van der Waals surface area (Å²) in [6, 6.07) is 16.3. The quantitative estimate of drug-likeness (QED) is 0.687. The second-order valence-electron chi connectivity index (χ2n) is 7.47. The van der Waals surface area contributed by atoms with Gasteiger partial charge in [-0.25, -0.2) is 0 Å². The van der Waals surface area contributed by atoms with Crippen LogP contribution in [0.3, 0.4) is 0 Å². The lowest BCUT2D eigenvalue weighted by Gasteiger charge is -2.18. The van der Waals surface area contributed by atoms with Gasteiger partial charge in [0.1, 0.15) is 0 Å². The maximum Gasteiger partial charge on any atom is 0.252 e. The Kier molecular flexibility index (Phi) is 7.40. The number of anilines is 1. The van der Waals surface area contributed by atoms with E-state index in [9.17, 15) is 14.4 Å². The minimum Gasteiger partial charge on any atom is -0.345 e. The number of carbonyl (C=O) groups is 3. The number of para-hydroxylation sites is 1. The van der Waals surface area contributed by atoms with Crippen LogP contribution in [0.15, 0.2) is 59.5 Å². The first-order valence-corrected chi connectivity index (χ1v) is 9.99. The molecule has 1 atom stereocenters. The molecule has 2 amide bonds. The molecule has 0 heterocycles. The van der Waals surface area contributed by atoms with Crippen LogP contribution >= 0.6 is 11.8 Å². The first-order valence-electron chi connectivity index (χ1n) is 9.11. The molecule has 0 aliphatic rings. The number of hydrogen-bond donors (Lipinski definition) is 2. The van der Waals surface area contributed by atoms with Gasteiger partial charge in [-0.05, 0) is 31.2 Å². The molecule has 148 valence electrons. The lowest BCUT2D eigenvalue weighted by molar-refractivity contribution is -0.125. The van der Waals surface area contributed by atoms with Gasteiger partial charge >= 0.3 is 0 Å². The van der Waals surface area contributed by atoms with Gasteiger partial charge < -0.3 is 10.6 Å². The van der Waals surface area contributed by atoms with Gasteiger partial charge in [0.05, 0.1) is 17.4 Å². The summed E-state index contributed by atoms with van der Waals surface area (Å²) >= 11 is 1.31. The van der Waals surface area contributed by atoms with Crippen molar-refractivity contribution in [2.24, 2.45) is 5.41 Å². The van der Waals surface area contributed by atoms with Crippen LogP contribution < -0.4 is 10.6 Å². The van der Waals surface area contributed by atoms with Gasteiger partial charge in [-0.15, -0.1) is 11.8 Å². The Hall–Kier alpha value is -2.60. The van der Waals surface area contributed by atoms with E-state index in [-0.39, 0.29) is 24.1 Å². The molecule has 0 saturated heterocycles. The van der Waals surface area contributed by atoms with Crippen molar-refractivity contribution in [3.05, 3.63) is 60.2 Å². The van der Waals surface area contributed by atoms with Crippen molar-refractivity contribution < 1.29 is 14.4 Å². The van der Waals surface area contributed by atoms with Crippen LogP contribution in [0.5, 0.6) is 0 Å². The number of rotatable bonds is 7. The van der Waals surface area contributed by atoms with E-state index in [4.69, 9.17) is 0 Å². The number of nitrogens with one attached hydrogen (secondary N) is 2. The van der Waals surface area contributed by atoms with Crippen LogP contribution in [0.1, 0.15) is 38.1 Å². The lowest BCUT2D eigenvalue weighted by Crippen LogP contribution is -2.35. The van der Waals surface area contributed by atoms with Crippen molar-refractivity contribution in [3.8, 4) is 0 Å². The van der Waals surface area contributed by atoms with Crippen molar-refractivity contribution in [2.75, 3.05) is 11.9 Å². The fraction of sp³-hybridized carbons (Fsp3) is 0.318. The van der Waals surface area contributed by atoms with Crippen molar-refractivity contribution in [2.45, 2.75) is 37.8 Å². The van der Waals surface area contributed by atoms with Crippen LogP contribution in [0.2, 0.25) is 0 Å². The van der Waals surface area contributed by atoms with Gasteiger partial charge in [0, 0.05) is 16.0 Å². The Morgan fingerprint density at radius 1 is 0.964 bits per heavy atom. The molecular formula is C22H26N2O3S. The summed E-state index contributed by atoms with van der Waals surface area (Å²) in [5.74, 6) is -0.507. The van der Waals surface area contributed by atoms with Crippen LogP contribution in [0, 0.1) is 5.41 Å². The van der Waals surface area contributed by atoms with E-state index in [0.717, 1.165) is 5.69 Å². The lowest BCUT2D eigenvalue weighted by atomic mass is 9.91. The van der Waals surface area contributed by atoms with Crippen molar-refractivity contribution >= 4 is 35.0 Å². The molecule has 2 aromatic carbocycles. The molecule has 2 aromatic rings. The highest BCUT2D eigenvalue weighted by Gasteiger charge is 2.23. The zero-order chi connectivity index (χ0) is 20.7. The van der Waals surface area contributed by atoms with E-state index in [2.05, 4.69) is 10.6 Å². The summed E-state index contributed by atoms with van der Waals surface area (Å²) in [6.07, 6.45) is 0. The minimum absolute atomic E-state index is 0.0224. The Labute approximate surface area is 170 Å². The summed E-state index contributed by atoms with van der Waals surface area (Å²) in [6.45, 7) is 7.22. The zero-order valence-electron chi connectivity index (χ0n) is 16.6. The van der Waals surface area contributed by atoms with Crippen LogP contribution in [-0.4, -0.2) is 29.4 Å². The fourth-order valence-corrected chi connectivity index (χ4v) is 3.28. The molecule has 5 nitrogen and oxygen atoms in total. The van der Waals surface area contributed by atoms with E-state index in [0.29, 0.717) is 10.5 Å². The molecule has 2 rings (SSSR count). The summed E-state index contributed by atoms with van der Waals surface area (Å²) < 4.78 is 0. The summed E-state index contributed by atoms with van der Waals surface area (Å²) in [7, 11) is 0. The maximum absolute atomic E-state index is 12.6. The summed E-state index contributed by atoms with van der Waals surface area (Å²) in [5.41, 5.74) is 0.672. The van der Waals surface area contributed by atoms with E-state index >= 15 is 0 Å². The van der Waals surface area contributed by atoms with Crippen molar-refractivity contribution in [1.29, 1.82) is 0 Å². The number of benzene rings is 2. The maximum atomic E-state index is 12.6. The Morgan fingerprint density at radius 3 is 2.21 bits per heavy atom. The van der Waals surface area contributed by atoms with E-state index < -0.39 is 10.7 Å². The third kappa shape index (κ3) is 6.23. The number of ketones is 1. The number of thioether (sulfide) groups is 1. The van der Waals surface area contributed by atoms with Crippen molar-refractivity contribution in [1.82, 2.24) is 5.32 Å². The highest BCUT2D eigenvalue weighted by Crippen LogP contribution is 2.27. The SMILES string of the molecule is C[C@@H](Sc1ccccc1C(=O)NCC(=O)C(C)(C)C)C(=O)Nc1ccccc1. The van der Waals surface area contributed by atoms with Gasteiger partial charge in [0.2, 0.25) is 5.91 Å². The standard InChI is InChI=1S/C22H26N2O3S/c1-15(20(26)24-16-10-6-5-7-11-16)28-18-13-9-8-12-17(18)21(27)23-14-19(25)22(2,3)4/h5-13,15H,14H2,1-4H3,(H,23,27)(H,24,26)/t15-/m1/s1. The second-order valence-corrected chi connectivity index (χ2v) is 8.85. The molecule has 0 spiro atoms. The fourth-order valence-electron chi connectivity index (χ4n) is 2.29. The highest BCUT2D eigenvalue weighted by molar-refractivity contribution is 8.00. The molecule has 0 aliphatic heterocycles. The average Bonchev–Trinajstić information content (AvgIpc) is 2.66.